The number of hydrogen-bond acceptors (Lipinski definition) is 5. The number of carbonyl (C=O) groups is 1. The molecule has 1 aromatic carbocycles. The van der Waals surface area contributed by atoms with Crippen molar-refractivity contribution in [2.45, 2.75) is 37.0 Å². The Kier molecular flexibility index (Phi) is 6.62. The molecule has 1 amide bonds. The van der Waals surface area contributed by atoms with Crippen molar-refractivity contribution in [1.82, 2.24) is 18.8 Å². The molecule has 8 nitrogen and oxygen atoms in total. The second kappa shape index (κ2) is 9.40. The van der Waals surface area contributed by atoms with Crippen LogP contribution in [0.2, 0.25) is 0 Å². The van der Waals surface area contributed by atoms with Gasteiger partial charge in [0.15, 0.2) is 0 Å². The number of piperazine rings is 1. The van der Waals surface area contributed by atoms with E-state index < -0.39 is 10.0 Å². The van der Waals surface area contributed by atoms with Crippen LogP contribution in [0.3, 0.4) is 0 Å². The van der Waals surface area contributed by atoms with Gasteiger partial charge in [-0.15, -0.1) is 0 Å². The summed E-state index contributed by atoms with van der Waals surface area (Å²) in [6.07, 6.45) is 7.71. The van der Waals surface area contributed by atoms with Crippen molar-refractivity contribution in [2.75, 3.05) is 44.2 Å². The molecular formula is C22H31N5O3S. The zero-order chi connectivity index (χ0) is 21.8. The molecule has 2 aliphatic heterocycles. The Morgan fingerprint density at radius 3 is 2.26 bits per heavy atom. The van der Waals surface area contributed by atoms with Gasteiger partial charge in [0.25, 0.3) is 0 Å². The minimum absolute atomic E-state index is 0.143. The predicted molar refractivity (Wildman–Crippen MR) is 119 cm³/mol. The molecule has 0 radical (unpaired) electrons. The predicted octanol–water partition coefficient (Wildman–Crippen LogP) is 1.88. The van der Waals surface area contributed by atoms with Crippen LogP contribution in [-0.4, -0.2) is 72.3 Å². The number of anilines is 1. The van der Waals surface area contributed by atoms with E-state index in [9.17, 15) is 13.2 Å². The Balaban J connectivity index is 1.27. The molecule has 0 bridgehead atoms. The number of nitrogens with zero attached hydrogens (tertiary/aromatic N) is 5. The maximum atomic E-state index is 12.8. The number of amides is 1. The lowest BCUT2D eigenvalue weighted by Gasteiger charge is -2.35. The van der Waals surface area contributed by atoms with E-state index in [1.807, 2.05) is 34.8 Å². The molecule has 31 heavy (non-hydrogen) atoms. The second-order valence-electron chi connectivity index (χ2n) is 8.31. The van der Waals surface area contributed by atoms with Gasteiger partial charge >= 0.3 is 0 Å². The highest BCUT2D eigenvalue weighted by Gasteiger charge is 2.26. The van der Waals surface area contributed by atoms with E-state index in [0.29, 0.717) is 43.9 Å². The van der Waals surface area contributed by atoms with E-state index >= 15 is 0 Å². The van der Waals surface area contributed by atoms with E-state index in [4.69, 9.17) is 0 Å². The molecule has 168 valence electrons. The summed E-state index contributed by atoms with van der Waals surface area (Å²) in [5, 5.41) is 0. The first kappa shape index (κ1) is 21.8. The van der Waals surface area contributed by atoms with Gasteiger partial charge in [-0.2, -0.15) is 4.31 Å². The summed E-state index contributed by atoms with van der Waals surface area (Å²) in [6.45, 7) is 4.15. The largest absolute Gasteiger partial charge is 0.339 e. The SMILES string of the molecule is Cn1ccnc1N1CCN(C(=O)CCc2ccc(S(=O)(=O)N3CCCCC3)cc2)CC1. The first-order valence-electron chi connectivity index (χ1n) is 11.0. The quantitative estimate of drug-likeness (QED) is 0.678. The minimum Gasteiger partial charge on any atom is -0.339 e. The van der Waals surface area contributed by atoms with Gasteiger partial charge in [-0.05, 0) is 37.0 Å². The van der Waals surface area contributed by atoms with Crippen molar-refractivity contribution < 1.29 is 13.2 Å². The molecule has 1 aromatic heterocycles. The number of benzene rings is 1. The summed E-state index contributed by atoms with van der Waals surface area (Å²) >= 11 is 0. The van der Waals surface area contributed by atoms with E-state index in [2.05, 4.69) is 9.88 Å². The zero-order valence-electron chi connectivity index (χ0n) is 18.1. The Hall–Kier alpha value is -2.39. The number of sulfonamides is 1. The van der Waals surface area contributed by atoms with Crippen LogP contribution in [0.1, 0.15) is 31.2 Å². The van der Waals surface area contributed by atoms with E-state index in [1.54, 1.807) is 22.6 Å². The normalized spacial score (nSPS) is 18.4. The van der Waals surface area contributed by atoms with Crippen LogP contribution >= 0.6 is 0 Å². The maximum Gasteiger partial charge on any atom is 0.243 e. The molecule has 9 heteroatoms. The van der Waals surface area contributed by atoms with Crippen LogP contribution in [-0.2, 0) is 28.3 Å². The molecule has 0 unspecified atom stereocenters. The highest BCUT2D eigenvalue weighted by Crippen LogP contribution is 2.21. The lowest BCUT2D eigenvalue weighted by Crippen LogP contribution is -2.49. The first-order chi connectivity index (χ1) is 14.9. The molecule has 2 fully saturated rings. The van der Waals surface area contributed by atoms with Gasteiger partial charge in [0.05, 0.1) is 4.90 Å². The van der Waals surface area contributed by atoms with Crippen molar-refractivity contribution in [3.8, 4) is 0 Å². The summed E-state index contributed by atoms with van der Waals surface area (Å²) in [5.41, 5.74) is 0.984. The lowest BCUT2D eigenvalue weighted by atomic mass is 10.1. The molecule has 0 N–H and O–H groups in total. The topological polar surface area (TPSA) is 78.8 Å². The van der Waals surface area contributed by atoms with Crippen LogP contribution in [0, 0.1) is 0 Å². The molecule has 2 aliphatic rings. The van der Waals surface area contributed by atoms with Crippen molar-refractivity contribution in [1.29, 1.82) is 0 Å². The van der Waals surface area contributed by atoms with Crippen LogP contribution in [0.25, 0.3) is 0 Å². The third-order valence-corrected chi connectivity index (χ3v) is 8.13. The van der Waals surface area contributed by atoms with Gasteiger partial charge in [0, 0.05) is 65.1 Å². The van der Waals surface area contributed by atoms with Crippen LogP contribution in [0.15, 0.2) is 41.6 Å². The van der Waals surface area contributed by atoms with Crippen LogP contribution in [0.5, 0.6) is 0 Å². The number of rotatable bonds is 6. The smallest absolute Gasteiger partial charge is 0.243 e. The molecule has 0 aliphatic carbocycles. The van der Waals surface area contributed by atoms with Crippen LogP contribution < -0.4 is 4.90 Å². The second-order valence-corrected chi connectivity index (χ2v) is 10.3. The van der Waals surface area contributed by atoms with Gasteiger partial charge in [-0.1, -0.05) is 18.6 Å². The fourth-order valence-corrected chi connectivity index (χ4v) is 5.83. The van der Waals surface area contributed by atoms with Gasteiger partial charge in [-0.3, -0.25) is 4.79 Å². The van der Waals surface area contributed by atoms with Crippen LogP contribution in [0.4, 0.5) is 5.95 Å². The molecule has 2 aromatic rings. The monoisotopic (exact) mass is 445 g/mol. The molecule has 0 saturated carbocycles. The average molecular weight is 446 g/mol. The number of aromatic nitrogens is 2. The maximum absolute atomic E-state index is 12.8. The van der Waals surface area contributed by atoms with E-state index in [-0.39, 0.29) is 5.91 Å². The highest BCUT2D eigenvalue weighted by atomic mass is 32.2. The standard InChI is InChI=1S/C22H31N5O3S/c1-24-14-11-23-22(24)26-17-15-25(16-18-26)21(28)10-7-19-5-8-20(9-6-19)31(29,30)27-12-3-2-4-13-27/h5-6,8-9,11,14H,2-4,7,10,12-13,15-18H2,1H3. The summed E-state index contributed by atoms with van der Waals surface area (Å²) in [6, 6.07) is 7.02. The van der Waals surface area contributed by atoms with E-state index in [0.717, 1.165) is 43.9 Å². The Labute approximate surface area is 184 Å². The van der Waals surface area contributed by atoms with Crippen molar-refractivity contribution in [3.05, 3.63) is 42.2 Å². The number of aryl methyl sites for hydroxylation is 2. The molecule has 4 rings (SSSR count). The van der Waals surface area contributed by atoms with Crippen molar-refractivity contribution >= 4 is 21.9 Å². The number of carbonyl (C=O) groups excluding carboxylic acids is 1. The molecule has 3 heterocycles. The van der Waals surface area contributed by atoms with Gasteiger partial charge in [0.1, 0.15) is 0 Å². The summed E-state index contributed by atoms with van der Waals surface area (Å²) in [5.74, 6) is 1.08. The fraction of sp³-hybridized carbons (Fsp3) is 0.545. The summed E-state index contributed by atoms with van der Waals surface area (Å²) < 4.78 is 29.1. The Bertz CT molecular complexity index is 988. The molecule has 0 atom stereocenters. The molecular weight excluding hydrogens is 414 g/mol. The van der Waals surface area contributed by atoms with Gasteiger partial charge in [-0.25, -0.2) is 13.4 Å². The molecule has 2 saturated heterocycles. The third-order valence-electron chi connectivity index (χ3n) is 6.21. The molecule has 0 spiro atoms. The van der Waals surface area contributed by atoms with Crippen molar-refractivity contribution in [3.63, 3.8) is 0 Å². The fourth-order valence-electron chi connectivity index (χ4n) is 4.31. The minimum atomic E-state index is -3.41. The number of hydrogen-bond donors (Lipinski definition) is 0. The zero-order valence-corrected chi connectivity index (χ0v) is 18.9. The Morgan fingerprint density at radius 1 is 0.968 bits per heavy atom. The lowest BCUT2D eigenvalue weighted by molar-refractivity contribution is -0.131. The third kappa shape index (κ3) is 4.93. The number of imidazole rings is 1. The average Bonchev–Trinajstić information content (AvgIpc) is 3.24. The van der Waals surface area contributed by atoms with Crippen molar-refractivity contribution in [2.24, 2.45) is 7.05 Å². The summed E-state index contributed by atoms with van der Waals surface area (Å²) in [4.78, 5) is 21.5. The van der Waals surface area contributed by atoms with Gasteiger partial charge in [0.2, 0.25) is 21.9 Å². The van der Waals surface area contributed by atoms with E-state index in [1.165, 1.54) is 0 Å². The highest BCUT2D eigenvalue weighted by molar-refractivity contribution is 7.89. The number of piperidine rings is 1. The Morgan fingerprint density at radius 2 is 1.65 bits per heavy atom. The van der Waals surface area contributed by atoms with Gasteiger partial charge < -0.3 is 14.4 Å². The first-order valence-corrected chi connectivity index (χ1v) is 12.5. The summed E-state index contributed by atoms with van der Waals surface area (Å²) in [7, 11) is -1.43.